The van der Waals surface area contributed by atoms with Gasteiger partial charge in [0, 0.05) is 12.4 Å². The molecular weight excluding hydrogens is 388 g/mol. The van der Waals surface area contributed by atoms with Gasteiger partial charge in [0.25, 0.3) is 0 Å². The highest BCUT2D eigenvalue weighted by Crippen LogP contribution is 2.19. The Balaban J connectivity index is 3.23. The van der Waals surface area contributed by atoms with E-state index in [9.17, 15) is 0 Å². The molecule has 0 aromatic rings. The molecule has 0 rings (SSSR count). The van der Waals surface area contributed by atoms with E-state index >= 15 is 0 Å². The van der Waals surface area contributed by atoms with E-state index in [1.165, 1.54) is 102 Å². The van der Waals surface area contributed by atoms with E-state index < -0.39 is 0 Å². The Hall–Kier alpha value is 0.270. The van der Waals surface area contributed by atoms with Gasteiger partial charge in [-0.15, -0.1) is 0 Å². The third kappa shape index (κ3) is 22.9. The molecule has 0 spiro atoms. The third-order valence-corrected chi connectivity index (χ3v) is 7.34. The lowest BCUT2D eigenvalue weighted by molar-refractivity contribution is 0.0519. The summed E-state index contributed by atoms with van der Waals surface area (Å²) in [4.78, 5) is 0. The van der Waals surface area contributed by atoms with Crippen LogP contribution in [0.25, 0.3) is 0 Å². The van der Waals surface area contributed by atoms with Gasteiger partial charge in [0.15, 0.2) is 0 Å². The molecule has 0 bridgehead atoms. The molecule has 0 radical (unpaired) electrons. The summed E-state index contributed by atoms with van der Waals surface area (Å²) in [6, 6.07) is 0. The van der Waals surface area contributed by atoms with Crippen LogP contribution in [0.15, 0.2) is 0 Å². The average molecular weight is 445 g/mol. The highest BCUT2D eigenvalue weighted by atomic mass is 32.2. The maximum Gasteiger partial charge on any atom is 0.0700 e. The maximum atomic E-state index is 5.74. The van der Waals surface area contributed by atoms with E-state index in [2.05, 4.69) is 39.5 Å². The van der Waals surface area contributed by atoms with Gasteiger partial charge in [-0.05, 0) is 30.4 Å². The number of ether oxygens (including phenoxy) is 2. The molecule has 0 aliphatic rings. The molecular formula is C27H56O2S. The molecule has 0 saturated heterocycles. The van der Waals surface area contributed by atoms with Crippen LogP contribution in [0.4, 0.5) is 0 Å². The number of rotatable bonds is 25. The Morgan fingerprint density at radius 2 is 1.20 bits per heavy atom. The Labute approximate surface area is 195 Å². The lowest BCUT2D eigenvalue weighted by Gasteiger charge is -2.13. The van der Waals surface area contributed by atoms with Crippen LogP contribution in [0.1, 0.15) is 124 Å². The summed E-state index contributed by atoms with van der Waals surface area (Å²) in [6.07, 6.45) is 20.7. The van der Waals surface area contributed by atoms with E-state index in [4.69, 9.17) is 9.47 Å². The van der Waals surface area contributed by atoms with Gasteiger partial charge in [-0.3, -0.25) is 0 Å². The minimum Gasteiger partial charge on any atom is -0.379 e. The smallest absolute Gasteiger partial charge is 0.0700 e. The first-order chi connectivity index (χ1) is 14.7. The molecule has 2 nitrogen and oxygen atoms in total. The van der Waals surface area contributed by atoms with Crippen LogP contribution >= 0.6 is 11.8 Å². The Morgan fingerprint density at radius 1 is 0.600 bits per heavy atom. The molecule has 0 amide bonds. The normalized spacial score (nSPS) is 13.6. The van der Waals surface area contributed by atoms with Gasteiger partial charge in [0.05, 0.1) is 19.8 Å². The van der Waals surface area contributed by atoms with Gasteiger partial charge in [-0.1, -0.05) is 111 Å². The van der Waals surface area contributed by atoms with Gasteiger partial charge in [-0.2, -0.15) is 11.8 Å². The fourth-order valence-electron chi connectivity index (χ4n) is 3.88. The molecule has 30 heavy (non-hydrogen) atoms. The van der Waals surface area contributed by atoms with E-state index in [0.29, 0.717) is 0 Å². The van der Waals surface area contributed by atoms with Crippen LogP contribution < -0.4 is 0 Å². The predicted molar refractivity (Wildman–Crippen MR) is 138 cm³/mol. The van der Waals surface area contributed by atoms with Gasteiger partial charge in [0.1, 0.15) is 0 Å². The largest absolute Gasteiger partial charge is 0.379 e. The van der Waals surface area contributed by atoms with Gasteiger partial charge in [0.2, 0.25) is 0 Å². The first-order valence-corrected chi connectivity index (χ1v) is 14.6. The maximum absolute atomic E-state index is 5.74. The molecule has 2 unspecified atom stereocenters. The van der Waals surface area contributed by atoms with Crippen LogP contribution in [0.3, 0.4) is 0 Å². The fraction of sp³-hybridized carbons (Fsp3) is 1.00. The molecule has 0 heterocycles. The quantitative estimate of drug-likeness (QED) is 0.131. The van der Waals surface area contributed by atoms with E-state index in [1.54, 1.807) is 0 Å². The highest BCUT2D eigenvalue weighted by molar-refractivity contribution is 7.99. The summed E-state index contributed by atoms with van der Waals surface area (Å²) in [6.45, 7) is 12.6. The zero-order valence-electron chi connectivity index (χ0n) is 21.2. The summed E-state index contributed by atoms with van der Waals surface area (Å²) in [5, 5.41) is 0. The number of thioether (sulfide) groups is 1. The highest BCUT2D eigenvalue weighted by Gasteiger charge is 2.05. The molecule has 0 aromatic heterocycles. The molecule has 0 aliphatic carbocycles. The Bertz CT molecular complexity index is 311. The van der Waals surface area contributed by atoms with E-state index in [0.717, 1.165) is 44.0 Å². The monoisotopic (exact) mass is 444 g/mol. The Kier molecular flexibility index (Phi) is 25.8. The molecule has 2 atom stereocenters. The van der Waals surface area contributed by atoms with Crippen molar-refractivity contribution < 1.29 is 9.47 Å². The minimum absolute atomic E-state index is 0.752. The second kappa shape index (κ2) is 25.5. The van der Waals surface area contributed by atoms with Crippen molar-refractivity contribution in [3.8, 4) is 0 Å². The van der Waals surface area contributed by atoms with E-state index in [1.807, 2.05) is 0 Å². The van der Waals surface area contributed by atoms with Crippen LogP contribution in [-0.2, 0) is 9.47 Å². The lowest BCUT2D eigenvalue weighted by atomic mass is 9.97. The standard InChI is InChI=1S/C27H56O2S/c1-5-8-10-11-12-13-14-17-26(4)18-15-16-20-28-21-22-29-23-24-30-25-27(7-3)19-9-6-2/h26-27H,5-25H2,1-4H3. The van der Waals surface area contributed by atoms with Crippen molar-refractivity contribution in [3.63, 3.8) is 0 Å². The van der Waals surface area contributed by atoms with Crippen molar-refractivity contribution in [1.29, 1.82) is 0 Å². The predicted octanol–water partition coefficient (Wildman–Crippen LogP) is 8.92. The van der Waals surface area contributed by atoms with Crippen molar-refractivity contribution in [3.05, 3.63) is 0 Å². The number of hydrogen-bond donors (Lipinski definition) is 0. The first kappa shape index (κ1) is 30.3. The van der Waals surface area contributed by atoms with Crippen molar-refractivity contribution in [2.24, 2.45) is 11.8 Å². The van der Waals surface area contributed by atoms with Crippen molar-refractivity contribution in [1.82, 2.24) is 0 Å². The second-order valence-corrected chi connectivity index (χ2v) is 10.4. The molecule has 0 saturated carbocycles. The minimum atomic E-state index is 0.752. The first-order valence-electron chi connectivity index (χ1n) is 13.5. The summed E-state index contributed by atoms with van der Waals surface area (Å²) >= 11 is 2.06. The SMILES string of the molecule is CCCCCCCCCC(C)CCCCOCCOCCSCC(CC)CCCC. The van der Waals surface area contributed by atoms with Crippen LogP contribution in [0.2, 0.25) is 0 Å². The van der Waals surface area contributed by atoms with Crippen molar-refractivity contribution in [2.45, 2.75) is 124 Å². The zero-order chi connectivity index (χ0) is 22.1. The van der Waals surface area contributed by atoms with Crippen LogP contribution in [-0.4, -0.2) is 37.9 Å². The number of unbranched alkanes of at least 4 members (excludes halogenated alkanes) is 8. The molecule has 182 valence electrons. The van der Waals surface area contributed by atoms with Crippen LogP contribution in [0, 0.1) is 11.8 Å². The van der Waals surface area contributed by atoms with Gasteiger partial charge in [-0.25, -0.2) is 0 Å². The van der Waals surface area contributed by atoms with Gasteiger partial charge < -0.3 is 9.47 Å². The van der Waals surface area contributed by atoms with E-state index in [-0.39, 0.29) is 0 Å². The zero-order valence-corrected chi connectivity index (χ0v) is 22.0. The third-order valence-electron chi connectivity index (χ3n) is 6.18. The summed E-state index contributed by atoms with van der Waals surface area (Å²) < 4.78 is 11.5. The van der Waals surface area contributed by atoms with Crippen molar-refractivity contribution in [2.75, 3.05) is 37.9 Å². The lowest BCUT2D eigenvalue weighted by Crippen LogP contribution is -2.09. The van der Waals surface area contributed by atoms with Crippen molar-refractivity contribution >= 4 is 11.8 Å². The van der Waals surface area contributed by atoms with Crippen LogP contribution in [0.5, 0.6) is 0 Å². The topological polar surface area (TPSA) is 18.5 Å². The molecule has 3 heteroatoms. The fourth-order valence-corrected chi connectivity index (χ4v) is 5.02. The average Bonchev–Trinajstić information content (AvgIpc) is 2.75. The molecule has 0 N–H and O–H groups in total. The molecule has 0 aliphatic heterocycles. The number of hydrogen-bond acceptors (Lipinski definition) is 3. The molecule has 0 fully saturated rings. The summed E-state index contributed by atoms with van der Waals surface area (Å²) in [5.41, 5.74) is 0. The molecule has 0 aromatic carbocycles. The Morgan fingerprint density at radius 3 is 1.87 bits per heavy atom. The second-order valence-electron chi connectivity index (χ2n) is 9.23. The summed E-state index contributed by atoms with van der Waals surface area (Å²) in [7, 11) is 0. The van der Waals surface area contributed by atoms with Gasteiger partial charge >= 0.3 is 0 Å². The summed E-state index contributed by atoms with van der Waals surface area (Å²) in [5.74, 6) is 4.21.